The molecule has 0 aliphatic heterocycles. The lowest BCUT2D eigenvalue weighted by molar-refractivity contribution is 0.241. The third-order valence-corrected chi connectivity index (χ3v) is 4.29. The highest BCUT2D eigenvalue weighted by atomic mass is 35.5. The van der Waals surface area contributed by atoms with Crippen molar-refractivity contribution in [3.05, 3.63) is 52.5 Å². The minimum absolute atomic E-state index is 0.212. The molecule has 7 heteroatoms. The summed E-state index contributed by atoms with van der Waals surface area (Å²) in [5, 5.41) is 6.37. The van der Waals surface area contributed by atoms with Crippen LogP contribution in [-0.4, -0.2) is 40.5 Å². The van der Waals surface area contributed by atoms with Crippen LogP contribution in [-0.2, 0) is 12.8 Å². The number of urea groups is 1. The first-order valence-electron chi connectivity index (χ1n) is 8.62. The van der Waals surface area contributed by atoms with Crippen LogP contribution < -0.4 is 24.8 Å². The van der Waals surface area contributed by atoms with Gasteiger partial charge in [0.05, 0.1) is 21.3 Å². The Hall–Kier alpha value is -2.60. The molecule has 0 bridgehead atoms. The molecule has 2 aromatic rings. The van der Waals surface area contributed by atoms with Crippen molar-refractivity contribution in [2.24, 2.45) is 0 Å². The molecule has 0 aliphatic carbocycles. The van der Waals surface area contributed by atoms with Crippen LogP contribution >= 0.6 is 11.6 Å². The van der Waals surface area contributed by atoms with Gasteiger partial charge in [0, 0.05) is 24.2 Å². The van der Waals surface area contributed by atoms with Gasteiger partial charge in [0.25, 0.3) is 0 Å². The van der Waals surface area contributed by atoms with Crippen molar-refractivity contribution in [1.82, 2.24) is 10.6 Å². The number of hydrogen-bond acceptors (Lipinski definition) is 4. The summed E-state index contributed by atoms with van der Waals surface area (Å²) in [4.78, 5) is 11.9. The summed E-state index contributed by atoms with van der Waals surface area (Å²) in [6.07, 6.45) is 1.32. The minimum Gasteiger partial charge on any atom is -0.496 e. The van der Waals surface area contributed by atoms with E-state index in [9.17, 15) is 4.79 Å². The largest absolute Gasteiger partial charge is 0.496 e. The number of amides is 2. The van der Waals surface area contributed by atoms with Gasteiger partial charge in [-0.3, -0.25) is 0 Å². The summed E-state index contributed by atoms with van der Waals surface area (Å²) in [6.45, 7) is 1.00. The van der Waals surface area contributed by atoms with Crippen LogP contribution in [0.5, 0.6) is 17.2 Å². The smallest absolute Gasteiger partial charge is 0.314 e. The minimum atomic E-state index is -0.212. The van der Waals surface area contributed by atoms with E-state index in [1.54, 1.807) is 27.4 Å². The molecule has 0 saturated carbocycles. The molecule has 0 unspecified atom stereocenters. The second-order valence-electron chi connectivity index (χ2n) is 5.83. The average molecular weight is 393 g/mol. The molecule has 0 heterocycles. The summed E-state index contributed by atoms with van der Waals surface area (Å²) in [5.41, 5.74) is 2.01. The Balaban J connectivity index is 1.80. The van der Waals surface area contributed by atoms with Gasteiger partial charge in [-0.05, 0) is 42.2 Å². The molecule has 146 valence electrons. The molecule has 2 N–H and O–H groups in total. The lowest BCUT2D eigenvalue weighted by Gasteiger charge is -2.14. The van der Waals surface area contributed by atoms with E-state index in [2.05, 4.69) is 10.6 Å². The highest BCUT2D eigenvalue weighted by Gasteiger charge is 2.12. The van der Waals surface area contributed by atoms with E-state index < -0.39 is 0 Å². The molecule has 0 spiro atoms. The summed E-state index contributed by atoms with van der Waals surface area (Å²) in [6, 6.07) is 11.0. The van der Waals surface area contributed by atoms with Crippen molar-refractivity contribution < 1.29 is 19.0 Å². The van der Waals surface area contributed by atoms with Gasteiger partial charge in [0.2, 0.25) is 0 Å². The van der Waals surface area contributed by atoms with E-state index in [1.165, 1.54) is 0 Å². The molecule has 0 radical (unpaired) electrons. The van der Waals surface area contributed by atoms with E-state index in [-0.39, 0.29) is 6.03 Å². The van der Waals surface area contributed by atoms with Crippen molar-refractivity contribution >= 4 is 17.6 Å². The van der Waals surface area contributed by atoms with Gasteiger partial charge in [0.1, 0.15) is 5.75 Å². The number of rotatable bonds is 9. The van der Waals surface area contributed by atoms with E-state index >= 15 is 0 Å². The van der Waals surface area contributed by atoms with Crippen molar-refractivity contribution in [3.63, 3.8) is 0 Å². The quantitative estimate of drug-likeness (QED) is 0.685. The number of halogens is 1. The first kappa shape index (κ1) is 20.7. The van der Waals surface area contributed by atoms with E-state index in [4.69, 9.17) is 25.8 Å². The molecule has 2 aromatic carbocycles. The fraction of sp³-hybridized carbons (Fsp3) is 0.350. The SMILES string of the molecule is COc1cc(OC)c(OC)cc1CCNC(=O)NCCc1cccc(Cl)c1. The predicted molar refractivity (Wildman–Crippen MR) is 106 cm³/mol. The molecule has 6 nitrogen and oxygen atoms in total. The molecule has 0 fully saturated rings. The Morgan fingerprint density at radius 2 is 1.52 bits per heavy atom. The van der Waals surface area contributed by atoms with Gasteiger partial charge in [0.15, 0.2) is 11.5 Å². The topological polar surface area (TPSA) is 68.8 Å². The highest BCUT2D eigenvalue weighted by Crippen LogP contribution is 2.34. The molecule has 0 aliphatic rings. The Morgan fingerprint density at radius 1 is 0.889 bits per heavy atom. The lowest BCUT2D eigenvalue weighted by atomic mass is 10.1. The number of ether oxygens (including phenoxy) is 3. The maximum Gasteiger partial charge on any atom is 0.314 e. The Bertz CT molecular complexity index is 768. The van der Waals surface area contributed by atoms with Crippen LogP contribution in [0.4, 0.5) is 4.79 Å². The molecule has 0 aromatic heterocycles. The Morgan fingerprint density at radius 3 is 2.15 bits per heavy atom. The maximum atomic E-state index is 11.9. The summed E-state index contributed by atoms with van der Waals surface area (Å²) in [7, 11) is 4.76. The van der Waals surface area contributed by atoms with Gasteiger partial charge >= 0.3 is 6.03 Å². The second kappa shape index (κ2) is 10.5. The summed E-state index contributed by atoms with van der Waals surface area (Å²) < 4.78 is 16.0. The third-order valence-electron chi connectivity index (χ3n) is 4.05. The van der Waals surface area contributed by atoms with Gasteiger partial charge in [-0.2, -0.15) is 0 Å². The van der Waals surface area contributed by atoms with Gasteiger partial charge in [-0.25, -0.2) is 4.79 Å². The van der Waals surface area contributed by atoms with E-state index in [1.807, 2.05) is 30.3 Å². The van der Waals surface area contributed by atoms with Crippen molar-refractivity contribution in [2.75, 3.05) is 34.4 Å². The fourth-order valence-corrected chi connectivity index (χ4v) is 2.89. The number of carbonyl (C=O) groups is 1. The van der Waals surface area contributed by atoms with Crippen LogP contribution in [0.3, 0.4) is 0 Å². The molecular weight excluding hydrogens is 368 g/mol. The number of carbonyl (C=O) groups excluding carboxylic acids is 1. The summed E-state index contributed by atoms with van der Waals surface area (Å²) in [5.74, 6) is 1.92. The highest BCUT2D eigenvalue weighted by molar-refractivity contribution is 6.30. The standard InChI is InChI=1S/C20H25ClN2O4/c1-25-17-13-19(27-3)18(26-2)12-15(17)8-10-23-20(24)22-9-7-14-5-4-6-16(21)11-14/h4-6,11-13H,7-10H2,1-3H3,(H2,22,23,24). The number of nitrogens with one attached hydrogen (secondary N) is 2. The maximum absolute atomic E-state index is 11.9. The normalized spacial score (nSPS) is 10.2. The third kappa shape index (κ3) is 6.25. The number of hydrogen-bond donors (Lipinski definition) is 2. The van der Waals surface area contributed by atoms with Crippen molar-refractivity contribution in [3.8, 4) is 17.2 Å². The first-order valence-corrected chi connectivity index (χ1v) is 9.00. The van der Waals surface area contributed by atoms with Gasteiger partial charge < -0.3 is 24.8 Å². The first-order chi connectivity index (χ1) is 13.1. The average Bonchev–Trinajstić information content (AvgIpc) is 2.67. The molecular formula is C20H25ClN2O4. The Kier molecular flexibility index (Phi) is 8.07. The van der Waals surface area contributed by atoms with Crippen molar-refractivity contribution in [1.29, 1.82) is 0 Å². The van der Waals surface area contributed by atoms with Crippen LogP contribution in [0, 0.1) is 0 Å². The zero-order valence-electron chi connectivity index (χ0n) is 15.8. The van der Waals surface area contributed by atoms with Crippen molar-refractivity contribution in [2.45, 2.75) is 12.8 Å². The van der Waals surface area contributed by atoms with Gasteiger partial charge in [-0.15, -0.1) is 0 Å². The predicted octanol–water partition coefficient (Wildman–Crippen LogP) is 3.45. The molecule has 2 amide bonds. The van der Waals surface area contributed by atoms with Crippen LogP contribution in [0.2, 0.25) is 5.02 Å². The van der Waals surface area contributed by atoms with Crippen LogP contribution in [0.25, 0.3) is 0 Å². The van der Waals surface area contributed by atoms with Crippen LogP contribution in [0.15, 0.2) is 36.4 Å². The second-order valence-corrected chi connectivity index (χ2v) is 6.27. The summed E-state index contributed by atoms with van der Waals surface area (Å²) >= 11 is 5.95. The monoisotopic (exact) mass is 392 g/mol. The number of benzene rings is 2. The molecule has 0 atom stereocenters. The Labute approximate surface area is 164 Å². The molecule has 0 saturated heterocycles. The zero-order chi connectivity index (χ0) is 19.6. The van der Waals surface area contributed by atoms with Gasteiger partial charge in [-0.1, -0.05) is 23.7 Å². The van der Waals surface area contributed by atoms with E-state index in [0.29, 0.717) is 41.8 Å². The van der Waals surface area contributed by atoms with Crippen LogP contribution in [0.1, 0.15) is 11.1 Å². The number of methoxy groups -OCH3 is 3. The lowest BCUT2D eigenvalue weighted by Crippen LogP contribution is -2.37. The fourth-order valence-electron chi connectivity index (χ4n) is 2.67. The molecule has 27 heavy (non-hydrogen) atoms. The zero-order valence-corrected chi connectivity index (χ0v) is 16.6. The van der Waals surface area contributed by atoms with E-state index in [0.717, 1.165) is 17.5 Å². The molecule has 2 rings (SSSR count).